The van der Waals surface area contributed by atoms with E-state index in [0.29, 0.717) is 23.9 Å². The molecule has 2 aliphatic heterocycles. The van der Waals surface area contributed by atoms with E-state index in [2.05, 4.69) is 33.9 Å². The van der Waals surface area contributed by atoms with Crippen molar-refractivity contribution in [3.8, 4) is 5.75 Å². The lowest BCUT2D eigenvalue weighted by atomic mass is 10.0. The molecule has 2 aliphatic rings. The van der Waals surface area contributed by atoms with Gasteiger partial charge in [0, 0.05) is 44.5 Å². The molecule has 3 N–H and O–H groups in total. The Kier molecular flexibility index (Phi) is 6.19. The van der Waals surface area contributed by atoms with Crippen molar-refractivity contribution in [3.63, 3.8) is 0 Å². The highest BCUT2D eigenvalue weighted by molar-refractivity contribution is 6.33. The maximum absolute atomic E-state index is 12.4. The summed E-state index contributed by atoms with van der Waals surface area (Å²) in [7, 11) is -0.414. The van der Waals surface area contributed by atoms with Crippen molar-refractivity contribution in [1.82, 2.24) is 14.5 Å². The maximum Gasteiger partial charge on any atom is 0.707 e. The Morgan fingerprint density at radius 2 is 2.00 bits per heavy atom. The minimum Gasteiger partial charge on any atom is -0.511 e. The third-order valence-corrected chi connectivity index (χ3v) is 5.87. The van der Waals surface area contributed by atoms with Crippen LogP contribution in [0.5, 0.6) is 5.75 Å². The van der Waals surface area contributed by atoms with E-state index in [0.717, 1.165) is 32.0 Å². The van der Waals surface area contributed by atoms with E-state index in [4.69, 9.17) is 19.4 Å². The summed E-state index contributed by atoms with van der Waals surface area (Å²) < 4.78 is 11.5. The van der Waals surface area contributed by atoms with Gasteiger partial charge < -0.3 is 34.2 Å². The quantitative estimate of drug-likeness (QED) is 0.554. The molecule has 2 saturated heterocycles. The standard InChI is InChI=1S/C20H28BN5O5/c1-13-9-26(16-11-30-12-16)14(2)8-25(13)15-4-5-19(22-7-15)23-18-6-17(31-21(28)29)10-24(3)20(18)27/h4-7,10,13-14,16,28-29H,8-9,11-12H2,1-3H3,(H,22,23)/t13-,14+/m0/s1. The number of ether oxygens (including phenoxy) is 1. The Hall–Kier alpha value is -2.60. The van der Waals surface area contributed by atoms with Crippen LogP contribution in [0, 0.1) is 0 Å². The second-order valence-electron chi connectivity index (χ2n) is 8.21. The van der Waals surface area contributed by atoms with Crippen LogP contribution in [0.2, 0.25) is 0 Å². The topological polar surface area (TPSA) is 112 Å². The van der Waals surface area contributed by atoms with Crippen molar-refractivity contribution in [2.45, 2.75) is 32.0 Å². The van der Waals surface area contributed by atoms with E-state index in [1.165, 1.54) is 16.8 Å². The molecule has 0 aromatic carbocycles. The lowest BCUT2D eigenvalue weighted by Crippen LogP contribution is -2.63. The van der Waals surface area contributed by atoms with Gasteiger partial charge >= 0.3 is 7.32 Å². The molecule has 2 aromatic rings. The number of pyridine rings is 2. The second-order valence-corrected chi connectivity index (χ2v) is 8.21. The summed E-state index contributed by atoms with van der Waals surface area (Å²) in [4.78, 5) is 21.8. The first-order chi connectivity index (χ1) is 14.8. The predicted molar refractivity (Wildman–Crippen MR) is 118 cm³/mol. The molecule has 0 amide bonds. The minimum atomic E-state index is -1.97. The van der Waals surface area contributed by atoms with Gasteiger partial charge in [0.25, 0.3) is 5.56 Å². The number of piperazine rings is 1. The van der Waals surface area contributed by atoms with E-state index < -0.39 is 7.32 Å². The molecule has 11 heteroatoms. The summed E-state index contributed by atoms with van der Waals surface area (Å²) in [5.41, 5.74) is 0.964. The average molecular weight is 429 g/mol. The number of rotatable bonds is 6. The van der Waals surface area contributed by atoms with Gasteiger partial charge in [0.15, 0.2) is 0 Å². The van der Waals surface area contributed by atoms with Crippen LogP contribution < -0.4 is 20.4 Å². The zero-order chi connectivity index (χ0) is 22.1. The fourth-order valence-corrected chi connectivity index (χ4v) is 4.16. The number of anilines is 3. The molecule has 4 rings (SSSR count). The van der Waals surface area contributed by atoms with Crippen LogP contribution in [0.3, 0.4) is 0 Å². The monoisotopic (exact) mass is 429 g/mol. The number of nitrogens with one attached hydrogen (secondary N) is 1. The highest BCUT2D eigenvalue weighted by Gasteiger charge is 2.36. The van der Waals surface area contributed by atoms with Crippen molar-refractivity contribution < 1.29 is 19.4 Å². The Balaban J connectivity index is 1.46. The van der Waals surface area contributed by atoms with Gasteiger partial charge in [0.05, 0.1) is 31.1 Å². The van der Waals surface area contributed by atoms with E-state index in [1.54, 1.807) is 13.2 Å². The van der Waals surface area contributed by atoms with Crippen LogP contribution in [-0.2, 0) is 11.8 Å². The zero-order valence-electron chi connectivity index (χ0n) is 17.9. The summed E-state index contributed by atoms with van der Waals surface area (Å²) in [6.07, 6.45) is 3.18. The summed E-state index contributed by atoms with van der Waals surface area (Å²) in [5.74, 6) is 0.655. The first kappa shape index (κ1) is 21.6. The predicted octanol–water partition coefficient (Wildman–Crippen LogP) is 0.170. The minimum absolute atomic E-state index is 0.147. The zero-order valence-corrected chi connectivity index (χ0v) is 17.9. The number of hydrogen-bond acceptors (Lipinski definition) is 9. The highest BCUT2D eigenvalue weighted by Crippen LogP contribution is 2.27. The molecule has 0 bridgehead atoms. The van der Waals surface area contributed by atoms with Crippen LogP contribution >= 0.6 is 0 Å². The van der Waals surface area contributed by atoms with Crippen molar-refractivity contribution in [2.24, 2.45) is 7.05 Å². The Bertz CT molecular complexity index is 965. The molecule has 4 heterocycles. The van der Waals surface area contributed by atoms with E-state index in [1.807, 2.05) is 12.1 Å². The van der Waals surface area contributed by atoms with Crippen LogP contribution in [0.15, 0.2) is 35.4 Å². The smallest absolute Gasteiger partial charge is 0.511 e. The third kappa shape index (κ3) is 4.69. The van der Waals surface area contributed by atoms with Crippen LogP contribution in [0.1, 0.15) is 13.8 Å². The Morgan fingerprint density at radius 1 is 1.23 bits per heavy atom. The molecule has 166 valence electrons. The van der Waals surface area contributed by atoms with Gasteiger partial charge in [-0.25, -0.2) is 4.98 Å². The van der Waals surface area contributed by atoms with E-state index in [-0.39, 0.29) is 17.0 Å². The number of nitrogens with zero attached hydrogens (tertiary/aromatic N) is 4. The van der Waals surface area contributed by atoms with Crippen molar-refractivity contribution >= 4 is 24.5 Å². The van der Waals surface area contributed by atoms with Gasteiger partial charge in [-0.3, -0.25) is 9.69 Å². The number of aromatic nitrogens is 2. The molecule has 0 radical (unpaired) electrons. The normalized spacial score (nSPS) is 22.2. The molecular weight excluding hydrogens is 401 g/mol. The fraction of sp³-hybridized carbons (Fsp3) is 0.500. The van der Waals surface area contributed by atoms with Gasteiger partial charge in [-0.15, -0.1) is 0 Å². The number of aryl methyl sites for hydroxylation is 1. The molecule has 0 saturated carbocycles. The molecule has 0 unspecified atom stereocenters. The first-order valence-corrected chi connectivity index (χ1v) is 10.4. The van der Waals surface area contributed by atoms with E-state index in [9.17, 15) is 4.79 Å². The molecule has 2 aromatic heterocycles. The van der Waals surface area contributed by atoms with Gasteiger partial charge in [-0.05, 0) is 26.0 Å². The summed E-state index contributed by atoms with van der Waals surface area (Å²) >= 11 is 0. The molecule has 10 nitrogen and oxygen atoms in total. The highest BCUT2D eigenvalue weighted by atomic mass is 16.6. The third-order valence-electron chi connectivity index (χ3n) is 5.87. The largest absolute Gasteiger partial charge is 0.707 e. The van der Waals surface area contributed by atoms with Crippen LogP contribution in [-0.4, -0.2) is 76.2 Å². The average Bonchev–Trinajstić information content (AvgIpc) is 2.67. The Morgan fingerprint density at radius 3 is 2.61 bits per heavy atom. The molecular formula is C20H28BN5O5. The second kappa shape index (κ2) is 8.87. The fourth-order valence-electron chi connectivity index (χ4n) is 4.16. The van der Waals surface area contributed by atoms with Crippen molar-refractivity contribution in [3.05, 3.63) is 40.9 Å². The Labute approximate surface area is 181 Å². The summed E-state index contributed by atoms with van der Waals surface area (Å²) in [5, 5.41) is 21.0. The molecule has 0 aliphatic carbocycles. The summed E-state index contributed by atoms with van der Waals surface area (Å²) in [6.45, 7) is 8.00. The maximum atomic E-state index is 12.4. The van der Waals surface area contributed by atoms with Gasteiger partial charge in [0.2, 0.25) is 0 Å². The van der Waals surface area contributed by atoms with Gasteiger partial charge in [-0.1, -0.05) is 0 Å². The number of hydrogen-bond donors (Lipinski definition) is 3. The van der Waals surface area contributed by atoms with Crippen LogP contribution in [0.25, 0.3) is 0 Å². The van der Waals surface area contributed by atoms with Gasteiger partial charge in [-0.2, -0.15) is 0 Å². The molecule has 31 heavy (non-hydrogen) atoms. The SMILES string of the molecule is C[C@@H]1CN(c2ccc(Nc3cc(OB(O)O)cn(C)c3=O)nc2)[C@@H](C)CN1C1COC1. The summed E-state index contributed by atoms with van der Waals surface area (Å²) in [6, 6.07) is 6.53. The molecule has 2 fully saturated rings. The molecule has 2 atom stereocenters. The van der Waals surface area contributed by atoms with E-state index >= 15 is 0 Å². The van der Waals surface area contributed by atoms with Crippen molar-refractivity contribution in [2.75, 3.05) is 36.5 Å². The lowest BCUT2D eigenvalue weighted by molar-refractivity contribution is -0.0828. The van der Waals surface area contributed by atoms with Crippen LogP contribution in [0.4, 0.5) is 17.2 Å². The van der Waals surface area contributed by atoms with Gasteiger partial charge in [0.1, 0.15) is 17.3 Å². The molecule has 0 spiro atoms. The lowest BCUT2D eigenvalue weighted by Gasteiger charge is -2.50. The first-order valence-electron chi connectivity index (χ1n) is 10.4. The van der Waals surface area contributed by atoms with Crippen molar-refractivity contribution in [1.29, 1.82) is 0 Å².